The molecular weight excluding hydrogens is 327 g/mol. The van der Waals surface area contributed by atoms with Crippen molar-refractivity contribution in [3.8, 4) is 0 Å². The summed E-state index contributed by atoms with van der Waals surface area (Å²) in [6.07, 6.45) is 0.967. The number of hydrogen-bond acceptors (Lipinski definition) is 5. The molecule has 0 aromatic rings. The Balaban J connectivity index is 2.58. The van der Waals surface area contributed by atoms with Crippen molar-refractivity contribution in [2.24, 2.45) is 5.41 Å². The predicted molar refractivity (Wildman–Crippen MR) is 78.4 cm³/mol. The Hall–Kier alpha value is 0.310. The smallest absolute Gasteiger partial charge is 0.305 e. The molecule has 0 amide bonds. The minimum atomic E-state index is -3.49. The average Bonchev–Trinajstić information content (AvgIpc) is 2.29. The van der Waals surface area contributed by atoms with E-state index in [0.29, 0.717) is 25.6 Å². The van der Waals surface area contributed by atoms with E-state index in [1.54, 1.807) is 4.67 Å². The van der Waals surface area contributed by atoms with Crippen molar-refractivity contribution in [1.82, 2.24) is 9.76 Å². The largest absolute Gasteiger partial charge is 0.343 e. The second kappa shape index (κ2) is 7.05. The van der Waals surface area contributed by atoms with Crippen LogP contribution in [0.1, 0.15) is 13.8 Å². The lowest BCUT2D eigenvalue weighted by Crippen LogP contribution is -2.45. The fraction of sp³-hybridized carbons (Fsp3) is 1.00. The molecule has 1 fully saturated rings. The van der Waals surface area contributed by atoms with E-state index >= 15 is 0 Å². The molecule has 0 bridgehead atoms. The van der Waals surface area contributed by atoms with Crippen molar-refractivity contribution in [1.29, 1.82) is 0 Å². The monoisotopic (exact) mass is 348 g/mol. The minimum Gasteiger partial charge on any atom is -0.305 e. The Morgan fingerprint density at radius 1 is 1.50 bits per heavy atom. The van der Waals surface area contributed by atoms with E-state index in [2.05, 4.69) is 9.27 Å². The molecule has 1 heterocycles. The quantitative estimate of drug-likeness (QED) is 0.321. The Morgan fingerprint density at radius 3 is 2.70 bits per heavy atom. The van der Waals surface area contributed by atoms with Crippen LogP contribution < -0.4 is 5.09 Å². The SMILES string of the molecule is CC1(C)COP(=O)(NCCOS(C)(=O)=O)N(CCCl)C1. The topological polar surface area (TPSA) is 84.9 Å². The van der Waals surface area contributed by atoms with Crippen molar-refractivity contribution in [3.05, 3.63) is 0 Å². The molecule has 1 aliphatic rings. The van der Waals surface area contributed by atoms with Crippen molar-refractivity contribution in [3.63, 3.8) is 0 Å². The first-order valence-corrected chi connectivity index (χ1v) is 10.2. The molecule has 1 unspecified atom stereocenters. The second-order valence-electron chi connectivity index (χ2n) is 5.47. The van der Waals surface area contributed by atoms with Gasteiger partial charge < -0.3 is 4.52 Å². The van der Waals surface area contributed by atoms with Crippen LogP contribution in [0.5, 0.6) is 0 Å². The van der Waals surface area contributed by atoms with Crippen LogP contribution in [0.15, 0.2) is 0 Å². The van der Waals surface area contributed by atoms with Gasteiger partial charge in [0, 0.05) is 30.9 Å². The van der Waals surface area contributed by atoms with E-state index in [0.717, 1.165) is 6.26 Å². The summed E-state index contributed by atoms with van der Waals surface area (Å²) in [6, 6.07) is 0. The van der Waals surface area contributed by atoms with Gasteiger partial charge in [-0.25, -0.2) is 9.76 Å². The second-order valence-corrected chi connectivity index (χ2v) is 9.67. The van der Waals surface area contributed by atoms with Crippen LogP contribution >= 0.6 is 19.3 Å². The number of halogens is 1. The fourth-order valence-electron chi connectivity index (χ4n) is 1.81. The van der Waals surface area contributed by atoms with Gasteiger partial charge in [0.25, 0.3) is 10.1 Å². The molecule has 10 heteroatoms. The summed E-state index contributed by atoms with van der Waals surface area (Å²) in [6.45, 7) is 5.45. The lowest BCUT2D eigenvalue weighted by Gasteiger charge is -2.42. The maximum Gasteiger partial charge on any atom is 0.343 e. The number of nitrogens with one attached hydrogen (secondary N) is 1. The highest BCUT2D eigenvalue weighted by atomic mass is 35.5. The Bertz CT molecular complexity index is 470. The molecule has 1 rings (SSSR count). The Kier molecular flexibility index (Phi) is 6.47. The van der Waals surface area contributed by atoms with Gasteiger partial charge in [-0.1, -0.05) is 13.8 Å². The summed E-state index contributed by atoms with van der Waals surface area (Å²) in [5.74, 6) is 0.338. The van der Waals surface area contributed by atoms with Gasteiger partial charge in [-0.15, -0.1) is 11.6 Å². The maximum absolute atomic E-state index is 12.7. The van der Waals surface area contributed by atoms with Crippen molar-refractivity contribution in [2.45, 2.75) is 13.8 Å². The maximum atomic E-state index is 12.7. The van der Waals surface area contributed by atoms with Crippen molar-refractivity contribution < 1.29 is 21.7 Å². The molecular formula is C10H22ClN2O5PS. The van der Waals surface area contributed by atoms with Crippen LogP contribution in [0.2, 0.25) is 0 Å². The standard InChI is InChI=1S/C10H22ClN2O5PS/c1-10(2)8-13(6-4-11)19(14,17-9-10)12-5-7-18-20(3,15)16/h4-9H2,1-3H3,(H,12,14). The first-order valence-electron chi connectivity index (χ1n) is 6.23. The summed E-state index contributed by atoms with van der Waals surface area (Å²) in [5.41, 5.74) is -0.106. The first kappa shape index (κ1) is 18.4. The molecule has 1 atom stereocenters. The van der Waals surface area contributed by atoms with Crippen molar-refractivity contribution >= 4 is 29.4 Å². The Labute approximate surface area is 125 Å². The summed E-state index contributed by atoms with van der Waals surface area (Å²) in [4.78, 5) is 0. The highest BCUT2D eigenvalue weighted by Crippen LogP contribution is 2.52. The molecule has 0 aliphatic carbocycles. The third-order valence-corrected chi connectivity index (χ3v) is 5.62. The van der Waals surface area contributed by atoms with E-state index in [4.69, 9.17) is 16.1 Å². The van der Waals surface area contributed by atoms with E-state index in [1.165, 1.54) is 0 Å². The van der Waals surface area contributed by atoms with Gasteiger partial charge >= 0.3 is 7.67 Å². The molecule has 20 heavy (non-hydrogen) atoms. The summed E-state index contributed by atoms with van der Waals surface area (Å²) >= 11 is 5.73. The van der Waals surface area contributed by atoms with Gasteiger partial charge in [-0.3, -0.25) is 8.75 Å². The zero-order valence-electron chi connectivity index (χ0n) is 12.0. The normalized spacial score (nSPS) is 27.6. The van der Waals surface area contributed by atoms with E-state index in [9.17, 15) is 13.0 Å². The highest BCUT2D eigenvalue weighted by molar-refractivity contribution is 7.85. The number of alkyl halides is 1. The molecule has 1 aliphatic heterocycles. The van der Waals surface area contributed by atoms with Crippen molar-refractivity contribution in [2.75, 3.05) is 45.0 Å². The molecule has 0 aromatic carbocycles. The van der Waals surface area contributed by atoms with Crippen LogP contribution in [-0.2, 0) is 23.4 Å². The molecule has 120 valence electrons. The third-order valence-electron chi connectivity index (χ3n) is 2.67. The third kappa shape index (κ3) is 5.97. The number of nitrogens with zero attached hydrogens (tertiary/aromatic N) is 1. The highest BCUT2D eigenvalue weighted by Gasteiger charge is 2.41. The van der Waals surface area contributed by atoms with Gasteiger partial charge in [0.2, 0.25) is 0 Å². The van der Waals surface area contributed by atoms with E-state index in [-0.39, 0.29) is 18.6 Å². The molecule has 1 N–H and O–H groups in total. The van der Waals surface area contributed by atoms with E-state index < -0.39 is 17.8 Å². The first-order chi connectivity index (χ1) is 9.08. The molecule has 7 nitrogen and oxygen atoms in total. The van der Waals surface area contributed by atoms with Crippen LogP contribution in [0.3, 0.4) is 0 Å². The Morgan fingerprint density at radius 2 is 2.15 bits per heavy atom. The van der Waals surface area contributed by atoms with Crippen LogP contribution in [0.4, 0.5) is 0 Å². The van der Waals surface area contributed by atoms with Crippen LogP contribution in [0.25, 0.3) is 0 Å². The fourth-order valence-corrected chi connectivity index (χ4v) is 4.80. The lowest BCUT2D eigenvalue weighted by molar-refractivity contribution is 0.0915. The minimum absolute atomic E-state index is 0.0930. The molecule has 0 spiro atoms. The van der Waals surface area contributed by atoms with Gasteiger partial charge in [0.1, 0.15) is 0 Å². The zero-order valence-corrected chi connectivity index (χ0v) is 14.4. The predicted octanol–water partition coefficient (Wildman–Crippen LogP) is 1.26. The average molecular weight is 349 g/mol. The van der Waals surface area contributed by atoms with Gasteiger partial charge in [0.05, 0.1) is 19.5 Å². The number of hydrogen-bond donors (Lipinski definition) is 1. The van der Waals surface area contributed by atoms with Crippen LogP contribution in [-0.4, -0.2) is 58.1 Å². The van der Waals surface area contributed by atoms with E-state index in [1.807, 2.05) is 13.8 Å². The van der Waals surface area contributed by atoms with Gasteiger partial charge in [-0.2, -0.15) is 8.42 Å². The molecule has 0 aromatic heterocycles. The molecule has 0 radical (unpaired) electrons. The number of rotatable bonds is 7. The summed E-state index contributed by atoms with van der Waals surface area (Å²) in [7, 11) is -6.67. The van der Waals surface area contributed by atoms with Gasteiger partial charge in [0.15, 0.2) is 0 Å². The lowest BCUT2D eigenvalue weighted by atomic mass is 9.95. The summed E-state index contributed by atoms with van der Waals surface area (Å²) in [5, 5.41) is 2.75. The summed E-state index contributed by atoms with van der Waals surface area (Å²) < 4.78 is 46.1. The molecule has 0 saturated carbocycles. The van der Waals surface area contributed by atoms with Gasteiger partial charge in [-0.05, 0) is 0 Å². The molecule has 1 saturated heterocycles. The zero-order chi connectivity index (χ0) is 15.4. The van der Waals surface area contributed by atoms with Crippen LogP contribution in [0, 0.1) is 5.41 Å².